The van der Waals surface area contributed by atoms with Gasteiger partial charge in [-0.2, -0.15) is 0 Å². The molecule has 0 aromatic carbocycles. The lowest BCUT2D eigenvalue weighted by Gasteiger charge is -2.13. The van der Waals surface area contributed by atoms with Gasteiger partial charge in [0.15, 0.2) is 0 Å². The average Bonchev–Trinajstić information content (AvgIpc) is 2.98. The second-order valence-corrected chi connectivity index (χ2v) is 4.43. The molecular formula is C11H25N3. The Morgan fingerprint density at radius 3 is 2.79 bits per heavy atom. The minimum Gasteiger partial charge on any atom is -0.330 e. The third-order valence-electron chi connectivity index (χ3n) is 2.76. The molecule has 1 rings (SSSR count). The van der Waals surface area contributed by atoms with Crippen LogP contribution in [0.1, 0.15) is 32.6 Å². The Morgan fingerprint density at radius 1 is 1.36 bits per heavy atom. The van der Waals surface area contributed by atoms with Gasteiger partial charge in [-0.15, -0.1) is 0 Å². The summed E-state index contributed by atoms with van der Waals surface area (Å²) in [5.41, 5.74) is 5.41. The Labute approximate surface area is 87.8 Å². The fourth-order valence-corrected chi connectivity index (χ4v) is 1.46. The second kappa shape index (κ2) is 7.21. The van der Waals surface area contributed by atoms with Crippen molar-refractivity contribution in [2.75, 3.05) is 26.2 Å². The van der Waals surface area contributed by atoms with Crippen LogP contribution in [0.4, 0.5) is 0 Å². The Hall–Kier alpha value is -0.120. The average molecular weight is 199 g/mol. The van der Waals surface area contributed by atoms with Gasteiger partial charge in [0, 0.05) is 6.04 Å². The van der Waals surface area contributed by atoms with Gasteiger partial charge in [0.05, 0.1) is 0 Å². The highest BCUT2D eigenvalue weighted by molar-refractivity contribution is 4.77. The first-order valence-electron chi connectivity index (χ1n) is 5.97. The van der Waals surface area contributed by atoms with E-state index in [0.717, 1.165) is 32.0 Å². The van der Waals surface area contributed by atoms with E-state index in [4.69, 9.17) is 5.73 Å². The molecule has 0 saturated heterocycles. The quantitative estimate of drug-likeness (QED) is 0.479. The van der Waals surface area contributed by atoms with E-state index in [0.29, 0.717) is 6.04 Å². The molecule has 1 aliphatic carbocycles. The van der Waals surface area contributed by atoms with Gasteiger partial charge < -0.3 is 16.4 Å². The van der Waals surface area contributed by atoms with E-state index in [9.17, 15) is 0 Å². The summed E-state index contributed by atoms with van der Waals surface area (Å²) >= 11 is 0. The lowest BCUT2D eigenvalue weighted by Crippen LogP contribution is -2.31. The normalized spacial score (nSPS) is 18.4. The van der Waals surface area contributed by atoms with Crippen LogP contribution in [0, 0.1) is 5.92 Å². The summed E-state index contributed by atoms with van der Waals surface area (Å²) in [6.07, 6.45) is 5.18. The first kappa shape index (κ1) is 12.0. The first-order chi connectivity index (χ1) is 6.83. The molecule has 0 spiro atoms. The molecule has 14 heavy (non-hydrogen) atoms. The van der Waals surface area contributed by atoms with E-state index < -0.39 is 0 Å². The number of hydrogen-bond acceptors (Lipinski definition) is 3. The molecule has 0 aromatic rings. The standard InChI is InChI=1S/C11H25N3/c1-10(14-9-11-3-4-11)5-8-13-7-2-6-12/h10-11,13-14H,2-9,12H2,1H3. The highest BCUT2D eigenvalue weighted by Crippen LogP contribution is 2.27. The summed E-state index contributed by atoms with van der Waals surface area (Å²) in [6, 6.07) is 0.654. The highest BCUT2D eigenvalue weighted by Gasteiger charge is 2.20. The Morgan fingerprint density at radius 2 is 2.14 bits per heavy atom. The summed E-state index contributed by atoms with van der Waals surface area (Å²) in [4.78, 5) is 0. The van der Waals surface area contributed by atoms with E-state index in [-0.39, 0.29) is 0 Å². The fraction of sp³-hybridized carbons (Fsp3) is 1.00. The molecule has 1 unspecified atom stereocenters. The molecule has 0 aliphatic heterocycles. The van der Waals surface area contributed by atoms with Crippen LogP contribution in [0.3, 0.4) is 0 Å². The minimum absolute atomic E-state index is 0.654. The van der Waals surface area contributed by atoms with E-state index in [2.05, 4.69) is 17.6 Å². The summed E-state index contributed by atoms with van der Waals surface area (Å²) < 4.78 is 0. The van der Waals surface area contributed by atoms with Crippen LogP contribution in [-0.4, -0.2) is 32.2 Å². The molecule has 1 atom stereocenters. The van der Waals surface area contributed by atoms with Crippen molar-refractivity contribution in [1.82, 2.24) is 10.6 Å². The van der Waals surface area contributed by atoms with E-state index in [1.807, 2.05) is 0 Å². The molecule has 1 saturated carbocycles. The van der Waals surface area contributed by atoms with Crippen molar-refractivity contribution in [3.05, 3.63) is 0 Å². The van der Waals surface area contributed by atoms with Gasteiger partial charge in [-0.1, -0.05) is 0 Å². The lowest BCUT2D eigenvalue weighted by molar-refractivity contribution is 0.480. The topological polar surface area (TPSA) is 50.1 Å². The van der Waals surface area contributed by atoms with Crippen molar-refractivity contribution in [3.8, 4) is 0 Å². The van der Waals surface area contributed by atoms with Crippen LogP contribution in [0.2, 0.25) is 0 Å². The summed E-state index contributed by atoms with van der Waals surface area (Å²) in [6.45, 7) is 6.46. The van der Waals surface area contributed by atoms with Crippen molar-refractivity contribution < 1.29 is 0 Å². The Bertz CT molecular complexity index is 134. The molecule has 84 valence electrons. The van der Waals surface area contributed by atoms with Crippen molar-refractivity contribution in [2.24, 2.45) is 11.7 Å². The highest BCUT2D eigenvalue weighted by atomic mass is 14.9. The molecule has 4 N–H and O–H groups in total. The van der Waals surface area contributed by atoms with Crippen LogP contribution < -0.4 is 16.4 Å². The summed E-state index contributed by atoms with van der Waals surface area (Å²) in [7, 11) is 0. The van der Waals surface area contributed by atoms with Gasteiger partial charge in [0.1, 0.15) is 0 Å². The molecule has 1 aliphatic rings. The summed E-state index contributed by atoms with van der Waals surface area (Å²) in [5, 5.41) is 6.97. The van der Waals surface area contributed by atoms with E-state index in [1.165, 1.54) is 25.8 Å². The van der Waals surface area contributed by atoms with Crippen LogP contribution in [-0.2, 0) is 0 Å². The monoisotopic (exact) mass is 199 g/mol. The molecule has 0 bridgehead atoms. The maximum atomic E-state index is 5.41. The van der Waals surface area contributed by atoms with Crippen molar-refractivity contribution in [3.63, 3.8) is 0 Å². The maximum Gasteiger partial charge on any atom is 0.00509 e. The molecular weight excluding hydrogens is 174 g/mol. The van der Waals surface area contributed by atoms with Crippen LogP contribution in [0.25, 0.3) is 0 Å². The van der Waals surface area contributed by atoms with Gasteiger partial charge in [-0.05, 0) is 64.7 Å². The predicted octanol–water partition coefficient (Wildman–Crippen LogP) is 0.703. The van der Waals surface area contributed by atoms with Gasteiger partial charge in [-0.25, -0.2) is 0 Å². The fourth-order valence-electron chi connectivity index (χ4n) is 1.46. The van der Waals surface area contributed by atoms with Crippen LogP contribution in [0.5, 0.6) is 0 Å². The minimum atomic E-state index is 0.654. The molecule has 0 aromatic heterocycles. The van der Waals surface area contributed by atoms with Crippen molar-refractivity contribution in [1.29, 1.82) is 0 Å². The van der Waals surface area contributed by atoms with Crippen LogP contribution >= 0.6 is 0 Å². The van der Waals surface area contributed by atoms with Gasteiger partial charge >= 0.3 is 0 Å². The predicted molar refractivity (Wildman–Crippen MR) is 61.3 cm³/mol. The van der Waals surface area contributed by atoms with E-state index in [1.54, 1.807) is 0 Å². The van der Waals surface area contributed by atoms with E-state index >= 15 is 0 Å². The number of nitrogens with two attached hydrogens (primary N) is 1. The van der Waals surface area contributed by atoms with Gasteiger partial charge in [0.2, 0.25) is 0 Å². The molecule has 3 nitrogen and oxygen atoms in total. The molecule has 1 fully saturated rings. The summed E-state index contributed by atoms with van der Waals surface area (Å²) in [5.74, 6) is 0.989. The number of nitrogens with one attached hydrogen (secondary N) is 2. The third-order valence-corrected chi connectivity index (χ3v) is 2.76. The van der Waals surface area contributed by atoms with Gasteiger partial charge in [0.25, 0.3) is 0 Å². The van der Waals surface area contributed by atoms with Gasteiger partial charge in [-0.3, -0.25) is 0 Å². The van der Waals surface area contributed by atoms with Crippen molar-refractivity contribution >= 4 is 0 Å². The van der Waals surface area contributed by atoms with Crippen molar-refractivity contribution in [2.45, 2.75) is 38.6 Å². The zero-order valence-electron chi connectivity index (χ0n) is 9.39. The zero-order chi connectivity index (χ0) is 10.2. The van der Waals surface area contributed by atoms with Crippen LogP contribution in [0.15, 0.2) is 0 Å². The lowest BCUT2D eigenvalue weighted by atomic mass is 10.2. The molecule has 3 heteroatoms. The second-order valence-electron chi connectivity index (χ2n) is 4.43. The molecule has 0 heterocycles. The zero-order valence-corrected chi connectivity index (χ0v) is 9.39. The third kappa shape index (κ3) is 6.35. The largest absolute Gasteiger partial charge is 0.330 e. The Kier molecular flexibility index (Phi) is 6.15. The smallest absolute Gasteiger partial charge is 0.00509 e. The SMILES string of the molecule is CC(CCNCCCN)NCC1CC1. The maximum absolute atomic E-state index is 5.41. The Balaban J connectivity index is 1.79. The first-order valence-corrected chi connectivity index (χ1v) is 5.97. The number of rotatable bonds is 9. The number of hydrogen-bond donors (Lipinski definition) is 3. The molecule has 0 amide bonds. The molecule has 0 radical (unpaired) electrons.